The predicted molar refractivity (Wildman–Crippen MR) is 183 cm³/mol. The number of benzene rings is 2. The van der Waals surface area contributed by atoms with Gasteiger partial charge in [0.15, 0.2) is 5.82 Å². The van der Waals surface area contributed by atoms with Gasteiger partial charge in [0.2, 0.25) is 5.91 Å². The van der Waals surface area contributed by atoms with E-state index in [-0.39, 0.29) is 5.91 Å². The molecule has 48 heavy (non-hydrogen) atoms. The van der Waals surface area contributed by atoms with Crippen molar-refractivity contribution in [2.24, 2.45) is 0 Å². The van der Waals surface area contributed by atoms with Gasteiger partial charge < -0.3 is 20.3 Å². The second kappa shape index (κ2) is 14.8. The van der Waals surface area contributed by atoms with Gasteiger partial charge in [-0.25, -0.2) is 23.8 Å². The fraction of sp³-hybridized carbons (Fsp3) is 0.457. The van der Waals surface area contributed by atoms with Crippen LogP contribution in [0.2, 0.25) is 0 Å². The summed E-state index contributed by atoms with van der Waals surface area (Å²) in [5.41, 5.74) is 2.53. The molecule has 11 nitrogen and oxygen atoms in total. The number of rotatable bonds is 10. The normalized spacial score (nSPS) is 19.5. The fourth-order valence-electron chi connectivity index (χ4n) is 6.91. The number of nitrogens with one attached hydrogen (secondary N) is 2. The number of hydrogen-bond donors (Lipinski definition) is 2. The molecule has 1 atom stereocenters. The highest BCUT2D eigenvalue weighted by Gasteiger charge is 2.31. The first-order valence-corrected chi connectivity index (χ1v) is 16.6. The summed E-state index contributed by atoms with van der Waals surface area (Å²) in [4.78, 5) is 34.6. The third-order valence-corrected chi connectivity index (χ3v) is 9.48. The number of amides is 1. The van der Waals surface area contributed by atoms with Gasteiger partial charge in [-0.15, -0.1) is 0 Å². The molecule has 0 radical (unpaired) electrons. The Morgan fingerprint density at radius 2 is 1.71 bits per heavy atom. The molecule has 0 bridgehead atoms. The van der Waals surface area contributed by atoms with Crippen LogP contribution in [0.15, 0.2) is 55.4 Å². The molecule has 0 aliphatic carbocycles. The van der Waals surface area contributed by atoms with E-state index in [9.17, 15) is 13.6 Å². The Bertz CT molecular complexity index is 1590. The number of halogens is 2. The minimum Gasteiger partial charge on any atom is -0.494 e. The molecule has 1 unspecified atom stereocenters. The molecule has 2 aromatic carbocycles. The summed E-state index contributed by atoms with van der Waals surface area (Å²) < 4.78 is 33.9. The Morgan fingerprint density at radius 1 is 0.979 bits per heavy atom. The number of methoxy groups -OCH3 is 1. The van der Waals surface area contributed by atoms with Crippen molar-refractivity contribution in [3.8, 4) is 5.75 Å². The third kappa shape index (κ3) is 7.53. The summed E-state index contributed by atoms with van der Waals surface area (Å²) in [5, 5.41) is 7.83. The predicted octanol–water partition coefficient (Wildman–Crippen LogP) is 5.51. The Labute approximate surface area is 280 Å². The number of nitrogens with zero attached hydrogens (tertiary/aromatic N) is 6. The maximum absolute atomic E-state index is 14.0. The van der Waals surface area contributed by atoms with Crippen molar-refractivity contribution >= 4 is 34.6 Å². The van der Waals surface area contributed by atoms with E-state index in [2.05, 4.69) is 55.7 Å². The van der Waals surface area contributed by atoms with Crippen LogP contribution in [-0.2, 0) is 9.63 Å². The molecule has 2 N–H and O–H groups in total. The molecule has 4 heterocycles. The van der Waals surface area contributed by atoms with Crippen molar-refractivity contribution in [1.29, 1.82) is 0 Å². The van der Waals surface area contributed by atoms with Crippen LogP contribution in [0, 0.1) is 11.6 Å². The van der Waals surface area contributed by atoms with Gasteiger partial charge in [-0.1, -0.05) is 6.58 Å². The number of carbonyl (C=O) groups is 1. The Kier molecular flexibility index (Phi) is 10.4. The monoisotopic (exact) mass is 662 g/mol. The standard InChI is InChI=1S/C35H44F2N8O3/c1-5-35(46)41-28-19-29(32(47-4)20-31(28)44-9-6-27(7-10-44)43-13-11-42(12-14-43)23(2)3)40-33-21-34(39-22-38-33)45-30(8-15-48-45)24-16-25(36)18-26(37)17-24/h5,16-23,27,30H,1,6-15H2,2-4H3,(H,41,46)(H,38,39,40). The van der Waals surface area contributed by atoms with Crippen LogP contribution in [0.4, 0.5) is 37.5 Å². The van der Waals surface area contributed by atoms with Crippen molar-refractivity contribution in [3.63, 3.8) is 0 Å². The second-order valence-corrected chi connectivity index (χ2v) is 12.7. The number of anilines is 5. The van der Waals surface area contributed by atoms with E-state index >= 15 is 0 Å². The first kappa shape index (κ1) is 33.6. The van der Waals surface area contributed by atoms with E-state index in [1.807, 2.05) is 12.1 Å². The largest absolute Gasteiger partial charge is 0.494 e. The van der Waals surface area contributed by atoms with E-state index in [4.69, 9.17) is 9.57 Å². The van der Waals surface area contributed by atoms with E-state index in [1.165, 1.54) is 24.5 Å². The minimum atomic E-state index is -0.652. The molecule has 3 aliphatic rings. The number of aromatic nitrogens is 2. The average molecular weight is 663 g/mol. The molecule has 1 amide bonds. The maximum Gasteiger partial charge on any atom is 0.247 e. The smallest absolute Gasteiger partial charge is 0.247 e. The second-order valence-electron chi connectivity index (χ2n) is 12.7. The first-order chi connectivity index (χ1) is 23.2. The molecule has 0 saturated carbocycles. The van der Waals surface area contributed by atoms with E-state index in [1.54, 1.807) is 18.2 Å². The highest BCUT2D eigenvalue weighted by Crippen LogP contribution is 2.41. The molecule has 6 rings (SSSR count). The average Bonchev–Trinajstić information content (AvgIpc) is 3.59. The lowest BCUT2D eigenvalue weighted by atomic mass is 10.0. The van der Waals surface area contributed by atoms with Gasteiger partial charge in [0.05, 0.1) is 36.8 Å². The first-order valence-electron chi connectivity index (χ1n) is 16.6. The summed E-state index contributed by atoms with van der Waals surface area (Å²) in [5.74, 6) is -0.198. The van der Waals surface area contributed by atoms with Crippen LogP contribution >= 0.6 is 0 Å². The third-order valence-electron chi connectivity index (χ3n) is 9.48. The highest BCUT2D eigenvalue weighted by atomic mass is 19.1. The molecule has 1 aromatic heterocycles. The van der Waals surface area contributed by atoms with Crippen molar-refractivity contribution in [2.75, 3.05) is 73.6 Å². The molecule has 13 heteroatoms. The topological polar surface area (TPSA) is 98.3 Å². The number of ether oxygens (including phenoxy) is 1. The van der Waals surface area contributed by atoms with Crippen molar-refractivity contribution in [2.45, 2.75) is 51.2 Å². The number of hydroxylamine groups is 1. The van der Waals surface area contributed by atoms with Gasteiger partial charge in [0.1, 0.15) is 29.5 Å². The van der Waals surface area contributed by atoms with Crippen LogP contribution in [-0.4, -0.2) is 90.7 Å². The summed E-state index contributed by atoms with van der Waals surface area (Å²) in [6.45, 7) is 14.6. The van der Waals surface area contributed by atoms with Gasteiger partial charge in [0.25, 0.3) is 0 Å². The molecular formula is C35H44F2N8O3. The minimum absolute atomic E-state index is 0.319. The van der Waals surface area contributed by atoms with Crippen LogP contribution in [0.5, 0.6) is 5.75 Å². The molecular weight excluding hydrogens is 618 g/mol. The van der Waals surface area contributed by atoms with Gasteiger partial charge in [-0.05, 0) is 56.5 Å². The summed E-state index contributed by atoms with van der Waals surface area (Å²) in [6, 6.07) is 9.59. The lowest BCUT2D eigenvalue weighted by molar-refractivity contribution is -0.111. The highest BCUT2D eigenvalue weighted by molar-refractivity contribution is 6.02. The van der Waals surface area contributed by atoms with Crippen LogP contribution in [0.3, 0.4) is 0 Å². The van der Waals surface area contributed by atoms with Crippen molar-refractivity contribution in [1.82, 2.24) is 19.8 Å². The molecule has 256 valence electrons. The SMILES string of the molecule is C=CC(=O)Nc1cc(Nc2cc(N3OCCC3c3cc(F)cc(F)c3)ncn2)c(OC)cc1N1CCC(N2CCN(C(C)C)CC2)CC1. The van der Waals surface area contributed by atoms with E-state index < -0.39 is 17.7 Å². The van der Waals surface area contributed by atoms with Crippen LogP contribution in [0.25, 0.3) is 0 Å². The van der Waals surface area contributed by atoms with E-state index in [0.29, 0.717) is 59.4 Å². The molecule has 3 aliphatic heterocycles. The number of piperazine rings is 1. The summed E-state index contributed by atoms with van der Waals surface area (Å²) in [7, 11) is 1.60. The summed E-state index contributed by atoms with van der Waals surface area (Å²) >= 11 is 0. The number of piperidine rings is 1. The Hall–Kier alpha value is -4.33. The Balaban J connectivity index is 1.20. The number of hydrogen-bond acceptors (Lipinski definition) is 10. The summed E-state index contributed by atoms with van der Waals surface area (Å²) in [6.07, 6.45) is 5.23. The van der Waals surface area contributed by atoms with Gasteiger partial charge in [-0.2, -0.15) is 0 Å². The Morgan fingerprint density at radius 3 is 2.38 bits per heavy atom. The van der Waals surface area contributed by atoms with E-state index in [0.717, 1.165) is 63.9 Å². The molecule has 3 aromatic rings. The zero-order valence-corrected chi connectivity index (χ0v) is 27.8. The molecule has 3 fully saturated rings. The maximum atomic E-state index is 14.0. The zero-order valence-electron chi connectivity index (χ0n) is 27.8. The quantitative estimate of drug-likeness (QED) is 0.271. The zero-order chi connectivity index (χ0) is 33.8. The van der Waals surface area contributed by atoms with Crippen molar-refractivity contribution < 1.29 is 23.1 Å². The van der Waals surface area contributed by atoms with Gasteiger partial charge in [0, 0.05) is 76.0 Å². The lowest BCUT2D eigenvalue weighted by Crippen LogP contribution is -2.54. The van der Waals surface area contributed by atoms with Gasteiger partial charge in [-0.3, -0.25) is 19.4 Å². The number of carbonyl (C=O) groups excluding carboxylic acids is 1. The lowest BCUT2D eigenvalue weighted by Gasteiger charge is -2.44. The van der Waals surface area contributed by atoms with Crippen LogP contribution in [0.1, 0.15) is 44.7 Å². The van der Waals surface area contributed by atoms with Crippen LogP contribution < -0.4 is 25.3 Å². The molecule has 0 spiro atoms. The molecule has 3 saturated heterocycles. The van der Waals surface area contributed by atoms with Crippen molar-refractivity contribution in [3.05, 3.63) is 72.6 Å². The van der Waals surface area contributed by atoms with Gasteiger partial charge >= 0.3 is 0 Å². The fourth-order valence-corrected chi connectivity index (χ4v) is 6.91.